The molecule has 150 valence electrons. The number of hydrogen-bond acceptors (Lipinski definition) is 4. The van der Waals surface area contributed by atoms with Gasteiger partial charge in [-0.1, -0.05) is 48.5 Å². The van der Waals surface area contributed by atoms with Gasteiger partial charge in [0.05, 0.1) is 23.9 Å². The summed E-state index contributed by atoms with van der Waals surface area (Å²) in [6.45, 7) is 3.24. The second-order valence-electron chi connectivity index (χ2n) is 7.35. The molecule has 1 aliphatic heterocycles. The number of pyridine rings is 1. The van der Waals surface area contributed by atoms with E-state index in [2.05, 4.69) is 32.7 Å². The number of anilines is 1. The number of rotatable bonds is 6. The molecular weight excluding hydrogens is 364 g/mol. The van der Waals surface area contributed by atoms with Crippen molar-refractivity contribution in [1.82, 2.24) is 15.2 Å². The number of benzene rings is 2. The molecule has 4 rings (SSSR count). The number of carbonyl (C=O) groups excluding carboxylic acids is 1. The van der Waals surface area contributed by atoms with Crippen molar-refractivity contribution >= 4 is 22.6 Å². The topological polar surface area (TPSA) is 66.5 Å². The van der Waals surface area contributed by atoms with Gasteiger partial charge in [-0.3, -0.25) is 9.88 Å². The van der Waals surface area contributed by atoms with E-state index in [1.807, 2.05) is 48.5 Å². The average Bonchev–Trinajstić information content (AvgIpc) is 3.15. The maximum absolute atomic E-state index is 12.8. The Hall–Kier alpha value is -2.96. The highest BCUT2D eigenvalue weighted by atomic mass is 16.5. The van der Waals surface area contributed by atoms with Crippen LogP contribution in [0.25, 0.3) is 10.9 Å². The summed E-state index contributed by atoms with van der Waals surface area (Å²) in [4.78, 5) is 19.5. The molecule has 2 N–H and O–H groups in total. The zero-order valence-corrected chi connectivity index (χ0v) is 16.5. The van der Waals surface area contributed by atoms with Crippen LogP contribution in [-0.4, -0.2) is 55.3 Å². The summed E-state index contributed by atoms with van der Waals surface area (Å²) in [6.07, 6.45) is 1.72. The first-order valence-corrected chi connectivity index (χ1v) is 9.92. The van der Waals surface area contributed by atoms with Crippen LogP contribution in [0.5, 0.6) is 0 Å². The van der Waals surface area contributed by atoms with E-state index in [0.717, 1.165) is 36.2 Å². The Morgan fingerprint density at radius 1 is 1.10 bits per heavy atom. The SMILES string of the molecule is COCCN1C[C@@H](NC(=O)Nc2ccnc3ccccc23)[C@H](c2ccccc2)C1. The predicted octanol–water partition coefficient (Wildman–Crippen LogP) is 3.47. The van der Waals surface area contributed by atoms with Crippen molar-refractivity contribution in [1.29, 1.82) is 0 Å². The third-order valence-corrected chi connectivity index (χ3v) is 5.45. The maximum atomic E-state index is 12.8. The molecule has 0 saturated carbocycles. The number of nitrogens with zero attached hydrogens (tertiary/aromatic N) is 2. The zero-order chi connectivity index (χ0) is 20.1. The zero-order valence-electron chi connectivity index (χ0n) is 16.5. The van der Waals surface area contributed by atoms with Crippen LogP contribution in [-0.2, 0) is 4.74 Å². The largest absolute Gasteiger partial charge is 0.383 e. The molecule has 0 radical (unpaired) electrons. The highest BCUT2D eigenvalue weighted by Gasteiger charge is 2.34. The molecule has 6 heteroatoms. The number of fused-ring (bicyclic) bond motifs is 1. The van der Waals surface area contributed by atoms with Crippen LogP contribution in [0.1, 0.15) is 11.5 Å². The molecule has 0 aliphatic carbocycles. The first-order valence-electron chi connectivity index (χ1n) is 9.92. The number of likely N-dealkylation sites (tertiary alicyclic amines) is 1. The van der Waals surface area contributed by atoms with Gasteiger partial charge in [0.15, 0.2) is 0 Å². The van der Waals surface area contributed by atoms with E-state index < -0.39 is 0 Å². The minimum Gasteiger partial charge on any atom is -0.383 e. The average molecular weight is 390 g/mol. The van der Waals surface area contributed by atoms with E-state index >= 15 is 0 Å². The third-order valence-electron chi connectivity index (χ3n) is 5.45. The van der Waals surface area contributed by atoms with Crippen molar-refractivity contribution in [3.8, 4) is 0 Å². The molecule has 1 fully saturated rings. The molecule has 1 aromatic heterocycles. The molecule has 3 aromatic rings. The molecule has 0 unspecified atom stereocenters. The lowest BCUT2D eigenvalue weighted by Gasteiger charge is -2.21. The van der Waals surface area contributed by atoms with Gasteiger partial charge in [-0.2, -0.15) is 0 Å². The van der Waals surface area contributed by atoms with Gasteiger partial charge in [0.25, 0.3) is 0 Å². The van der Waals surface area contributed by atoms with Gasteiger partial charge in [0, 0.05) is 44.2 Å². The fourth-order valence-corrected chi connectivity index (χ4v) is 4.00. The number of methoxy groups -OCH3 is 1. The number of ether oxygens (including phenoxy) is 1. The number of urea groups is 1. The first kappa shape index (κ1) is 19.4. The lowest BCUT2D eigenvalue weighted by molar-refractivity contribution is 0.159. The van der Waals surface area contributed by atoms with Crippen LogP contribution in [0.3, 0.4) is 0 Å². The summed E-state index contributed by atoms with van der Waals surface area (Å²) >= 11 is 0. The standard InChI is InChI=1S/C23H26N4O2/c1-29-14-13-27-15-19(17-7-3-2-4-8-17)22(16-27)26-23(28)25-21-11-12-24-20-10-6-5-9-18(20)21/h2-12,19,22H,13-16H2,1H3,(H2,24,25,26,28)/t19-,22+/m0/s1. The van der Waals surface area contributed by atoms with E-state index in [-0.39, 0.29) is 18.0 Å². The molecule has 2 atom stereocenters. The van der Waals surface area contributed by atoms with Crippen LogP contribution in [0.15, 0.2) is 66.9 Å². The number of carbonyl (C=O) groups is 1. The lowest BCUT2D eigenvalue weighted by Crippen LogP contribution is -2.42. The number of para-hydroxylation sites is 1. The van der Waals surface area contributed by atoms with Crippen molar-refractivity contribution in [3.05, 3.63) is 72.4 Å². The summed E-state index contributed by atoms with van der Waals surface area (Å²) in [5, 5.41) is 7.13. The molecule has 0 bridgehead atoms. The van der Waals surface area contributed by atoms with Gasteiger partial charge >= 0.3 is 6.03 Å². The van der Waals surface area contributed by atoms with Gasteiger partial charge < -0.3 is 15.4 Å². The summed E-state index contributed by atoms with van der Waals surface area (Å²) < 4.78 is 5.23. The normalized spacial score (nSPS) is 19.3. The Morgan fingerprint density at radius 2 is 1.90 bits per heavy atom. The molecule has 0 spiro atoms. The van der Waals surface area contributed by atoms with Gasteiger partial charge in [0.1, 0.15) is 0 Å². The molecule has 2 amide bonds. The summed E-state index contributed by atoms with van der Waals surface area (Å²) in [7, 11) is 1.72. The Kier molecular flexibility index (Phi) is 6.03. The van der Waals surface area contributed by atoms with Crippen molar-refractivity contribution < 1.29 is 9.53 Å². The van der Waals surface area contributed by atoms with Gasteiger partial charge in [-0.25, -0.2) is 4.79 Å². The molecule has 2 aromatic carbocycles. The lowest BCUT2D eigenvalue weighted by atomic mass is 9.94. The Balaban J connectivity index is 1.48. The minimum atomic E-state index is -0.194. The monoisotopic (exact) mass is 390 g/mol. The first-order chi connectivity index (χ1) is 14.2. The van der Waals surface area contributed by atoms with Crippen molar-refractivity contribution in [2.75, 3.05) is 38.7 Å². The quantitative estimate of drug-likeness (QED) is 0.676. The summed E-state index contributed by atoms with van der Waals surface area (Å²) in [6, 6.07) is 19.8. The third kappa shape index (κ3) is 4.55. The number of nitrogens with one attached hydrogen (secondary N) is 2. The molecule has 1 aliphatic rings. The van der Waals surface area contributed by atoms with Crippen LogP contribution in [0.2, 0.25) is 0 Å². The Labute approximate surface area is 170 Å². The van der Waals surface area contributed by atoms with Crippen molar-refractivity contribution in [2.24, 2.45) is 0 Å². The summed E-state index contributed by atoms with van der Waals surface area (Å²) in [5.41, 5.74) is 2.87. The molecule has 2 heterocycles. The fraction of sp³-hybridized carbons (Fsp3) is 0.304. The molecule has 29 heavy (non-hydrogen) atoms. The molecule has 6 nitrogen and oxygen atoms in total. The van der Waals surface area contributed by atoms with Crippen molar-refractivity contribution in [2.45, 2.75) is 12.0 Å². The van der Waals surface area contributed by atoms with Crippen LogP contribution >= 0.6 is 0 Å². The highest BCUT2D eigenvalue weighted by Crippen LogP contribution is 2.28. The molecular formula is C23H26N4O2. The van der Waals surface area contributed by atoms with E-state index in [9.17, 15) is 4.79 Å². The van der Waals surface area contributed by atoms with Crippen LogP contribution < -0.4 is 10.6 Å². The number of hydrogen-bond donors (Lipinski definition) is 2. The second kappa shape index (κ2) is 9.03. The van der Waals surface area contributed by atoms with E-state index in [1.165, 1.54) is 5.56 Å². The van der Waals surface area contributed by atoms with Crippen LogP contribution in [0, 0.1) is 0 Å². The van der Waals surface area contributed by atoms with E-state index in [1.54, 1.807) is 13.3 Å². The number of amides is 2. The van der Waals surface area contributed by atoms with Crippen LogP contribution in [0.4, 0.5) is 10.5 Å². The minimum absolute atomic E-state index is 0.0300. The molecule has 1 saturated heterocycles. The van der Waals surface area contributed by atoms with Gasteiger partial charge in [-0.15, -0.1) is 0 Å². The summed E-state index contributed by atoms with van der Waals surface area (Å²) in [5.74, 6) is 0.244. The van der Waals surface area contributed by atoms with Gasteiger partial charge in [-0.05, 0) is 17.7 Å². The smallest absolute Gasteiger partial charge is 0.319 e. The second-order valence-corrected chi connectivity index (χ2v) is 7.35. The van der Waals surface area contributed by atoms with E-state index in [4.69, 9.17) is 4.74 Å². The maximum Gasteiger partial charge on any atom is 0.319 e. The predicted molar refractivity (Wildman–Crippen MR) is 115 cm³/mol. The Morgan fingerprint density at radius 3 is 2.72 bits per heavy atom. The van der Waals surface area contributed by atoms with Crippen molar-refractivity contribution in [3.63, 3.8) is 0 Å². The highest BCUT2D eigenvalue weighted by molar-refractivity contribution is 6.00. The fourth-order valence-electron chi connectivity index (χ4n) is 4.00. The Bertz CT molecular complexity index is 958. The van der Waals surface area contributed by atoms with E-state index in [0.29, 0.717) is 6.61 Å². The van der Waals surface area contributed by atoms with Gasteiger partial charge in [0.2, 0.25) is 0 Å². The number of aromatic nitrogens is 1.